The lowest BCUT2D eigenvalue weighted by Crippen LogP contribution is -2.44. The Morgan fingerprint density at radius 3 is 2.32 bits per heavy atom. The van der Waals surface area contributed by atoms with E-state index in [0.29, 0.717) is 25.0 Å². The zero-order valence-electron chi connectivity index (χ0n) is 18.7. The first-order valence-corrected chi connectivity index (χ1v) is 11.9. The van der Waals surface area contributed by atoms with E-state index in [1.807, 2.05) is 29.2 Å². The van der Waals surface area contributed by atoms with Gasteiger partial charge in [-0.3, -0.25) is 4.90 Å². The predicted octanol–water partition coefficient (Wildman–Crippen LogP) is 6.62. The van der Waals surface area contributed by atoms with Crippen LogP contribution in [0.3, 0.4) is 0 Å². The van der Waals surface area contributed by atoms with Crippen molar-refractivity contribution in [1.82, 2.24) is 4.90 Å². The van der Waals surface area contributed by atoms with Crippen molar-refractivity contribution in [3.63, 3.8) is 0 Å². The van der Waals surface area contributed by atoms with Gasteiger partial charge >= 0.3 is 6.09 Å². The van der Waals surface area contributed by atoms with E-state index in [1.54, 1.807) is 6.07 Å². The fraction of sp³-hybridized carbons (Fsp3) is 0.276. The van der Waals surface area contributed by atoms with Crippen molar-refractivity contribution in [2.45, 2.75) is 43.7 Å². The third-order valence-electron chi connectivity index (χ3n) is 7.47. The van der Waals surface area contributed by atoms with Crippen LogP contribution in [0, 0.1) is 11.6 Å². The second-order valence-corrected chi connectivity index (χ2v) is 9.43. The molecule has 1 fully saturated rings. The maximum Gasteiger partial charge on any atom is 0.410 e. The maximum absolute atomic E-state index is 14.1. The van der Waals surface area contributed by atoms with E-state index < -0.39 is 11.6 Å². The molecule has 1 saturated heterocycles. The molecule has 0 radical (unpaired) electrons. The molecule has 2 unspecified atom stereocenters. The van der Waals surface area contributed by atoms with Gasteiger partial charge in [-0.15, -0.1) is 0 Å². The van der Waals surface area contributed by atoms with E-state index >= 15 is 0 Å². The van der Waals surface area contributed by atoms with Crippen molar-refractivity contribution in [2.75, 3.05) is 6.61 Å². The number of rotatable bonds is 4. The molecule has 2 heterocycles. The van der Waals surface area contributed by atoms with E-state index in [2.05, 4.69) is 30.3 Å². The van der Waals surface area contributed by atoms with Crippen LogP contribution in [0.5, 0.6) is 0 Å². The Hall–Kier alpha value is -3.47. The molecule has 3 nitrogen and oxygen atoms in total. The molecule has 172 valence electrons. The largest absolute Gasteiger partial charge is 0.448 e. The van der Waals surface area contributed by atoms with E-state index in [1.165, 1.54) is 28.3 Å². The molecule has 5 heteroatoms. The molecule has 1 aliphatic carbocycles. The summed E-state index contributed by atoms with van der Waals surface area (Å²) in [7, 11) is 0. The standard InChI is InChI=1S/C29H25F2NO2/c30-27-11-5-6-19(28(27)31)14-18-15-20-12-13-21(16-18)32(20)29(33)34-17-26-24-9-3-1-7-22(24)23-8-2-4-10-25(23)26/h1-11,15,20-21,26H,12-14,16-17H2. The lowest BCUT2D eigenvalue weighted by atomic mass is 9.95. The molecule has 0 N–H and O–H groups in total. The molecule has 3 aromatic rings. The van der Waals surface area contributed by atoms with E-state index in [-0.39, 0.29) is 24.1 Å². The van der Waals surface area contributed by atoms with Crippen LogP contribution in [-0.2, 0) is 11.2 Å². The van der Waals surface area contributed by atoms with Crippen molar-refractivity contribution in [2.24, 2.45) is 0 Å². The molecule has 6 rings (SSSR count). The first-order valence-electron chi connectivity index (χ1n) is 11.9. The van der Waals surface area contributed by atoms with Crippen LogP contribution in [0.2, 0.25) is 0 Å². The Morgan fingerprint density at radius 2 is 1.62 bits per heavy atom. The zero-order chi connectivity index (χ0) is 23.2. The van der Waals surface area contributed by atoms with Crippen LogP contribution in [-0.4, -0.2) is 29.7 Å². The second kappa shape index (κ2) is 8.39. The molecule has 0 spiro atoms. The minimum Gasteiger partial charge on any atom is -0.448 e. The topological polar surface area (TPSA) is 29.5 Å². The summed E-state index contributed by atoms with van der Waals surface area (Å²) < 4.78 is 33.6. The zero-order valence-corrected chi connectivity index (χ0v) is 18.7. The first-order chi connectivity index (χ1) is 16.6. The number of carbonyl (C=O) groups is 1. The number of benzene rings is 3. The number of halogens is 2. The highest BCUT2D eigenvalue weighted by molar-refractivity contribution is 5.79. The van der Waals surface area contributed by atoms with Crippen molar-refractivity contribution in [1.29, 1.82) is 0 Å². The smallest absolute Gasteiger partial charge is 0.410 e. The Morgan fingerprint density at radius 1 is 0.912 bits per heavy atom. The van der Waals surface area contributed by atoms with Gasteiger partial charge in [0.25, 0.3) is 0 Å². The Labute approximate surface area is 197 Å². The summed E-state index contributed by atoms with van der Waals surface area (Å²) in [5, 5.41) is 0. The lowest BCUT2D eigenvalue weighted by Gasteiger charge is -2.33. The number of ether oxygens (including phenoxy) is 1. The lowest BCUT2D eigenvalue weighted by molar-refractivity contribution is 0.0849. The summed E-state index contributed by atoms with van der Waals surface area (Å²) in [6, 6.07) is 20.9. The van der Waals surface area contributed by atoms with Crippen molar-refractivity contribution < 1.29 is 18.3 Å². The molecular formula is C29H25F2NO2. The fourth-order valence-corrected chi connectivity index (χ4v) is 5.93. The molecular weight excluding hydrogens is 432 g/mol. The summed E-state index contributed by atoms with van der Waals surface area (Å²) in [5.41, 5.74) is 6.21. The van der Waals surface area contributed by atoms with Gasteiger partial charge in [-0.2, -0.15) is 0 Å². The number of carbonyl (C=O) groups excluding carboxylic acids is 1. The summed E-state index contributed by atoms with van der Waals surface area (Å²) in [4.78, 5) is 15.0. The third kappa shape index (κ3) is 3.51. The van der Waals surface area contributed by atoms with E-state index in [9.17, 15) is 13.6 Å². The molecule has 0 saturated carbocycles. The van der Waals surface area contributed by atoms with Gasteiger partial charge < -0.3 is 4.74 Å². The van der Waals surface area contributed by atoms with Gasteiger partial charge in [0.1, 0.15) is 6.61 Å². The van der Waals surface area contributed by atoms with Crippen LogP contribution >= 0.6 is 0 Å². The number of amides is 1. The SMILES string of the molecule is O=C(OCC1c2ccccc2-c2ccccc21)N1C2C=C(Cc3cccc(F)c3F)CC1CC2. The molecule has 1 amide bonds. The number of hydrogen-bond acceptors (Lipinski definition) is 2. The van der Waals surface area contributed by atoms with E-state index in [0.717, 1.165) is 24.5 Å². The van der Waals surface area contributed by atoms with Gasteiger partial charge in [0.05, 0.1) is 6.04 Å². The number of hydrogen-bond donors (Lipinski definition) is 0. The fourth-order valence-electron chi connectivity index (χ4n) is 5.93. The Bertz CT molecular complexity index is 1260. The van der Waals surface area contributed by atoms with Gasteiger partial charge in [0.2, 0.25) is 0 Å². The molecule has 2 aliphatic heterocycles. The number of nitrogens with zero attached hydrogens (tertiary/aromatic N) is 1. The van der Waals surface area contributed by atoms with Crippen molar-refractivity contribution >= 4 is 6.09 Å². The Balaban J connectivity index is 1.17. The van der Waals surface area contributed by atoms with Gasteiger partial charge in [-0.1, -0.05) is 72.3 Å². The average molecular weight is 458 g/mol. The van der Waals surface area contributed by atoms with Gasteiger partial charge in [0, 0.05) is 12.0 Å². The summed E-state index contributed by atoms with van der Waals surface area (Å²) in [6.45, 7) is 0.299. The minimum atomic E-state index is -0.822. The van der Waals surface area contributed by atoms with Crippen LogP contribution < -0.4 is 0 Å². The molecule has 0 aromatic heterocycles. The van der Waals surface area contributed by atoms with Crippen LogP contribution in [0.15, 0.2) is 78.4 Å². The molecule has 3 aliphatic rings. The summed E-state index contributed by atoms with van der Waals surface area (Å²) >= 11 is 0. The van der Waals surface area contributed by atoms with Crippen molar-refractivity contribution in [3.8, 4) is 11.1 Å². The Kier molecular flexibility index (Phi) is 5.20. The highest BCUT2D eigenvalue weighted by Crippen LogP contribution is 2.45. The predicted molar refractivity (Wildman–Crippen MR) is 126 cm³/mol. The van der Waals surface area contributed by atoms with Crippen LogP contribution in [0.25, 0.3) is 11.1 Å². The molecule has 2 atom stereocenters. The molecule has 34 heavy (non-hydrogen) atoms. The number of fused-ring (bicyclic) bond motifs is 5. The highest BCUT2D eigenvalue weighted by Gasteiger charge is 2.41. The van der Waals surface area contributed by atoms with Crippen LogP contribution in [0.4, 0.5) is 13.6 Å². The summed E-state index contributed by atoms with van der Waals surface area (Å²) in [5.74, 6) is -1.58. The highest BCUT2D eigenvalue weighted by atomic mass is 19.2. The van der Waals surface area contributed by atoms with E-state index in [4.69, 9.17) is 4.74 Å². The van der Waals surface area contributed by atoms with Gasteiger partial charge in [-0.25, -0.2) is 13.6 Å². The van der Waals surface area contributed by atoms with Crippen molar-refractivity contribution in [3.05, 3.63) is 107 Å². The first kappa shape index (κ1) is 21.1. The average Bonchev–Trinajstić information content (AvgIpc) is 3.32. The molecule has 3 aromatic carbocycles. The van der Waals surface area contributed by atoms with Gasteiger partial charge in [-0.05, 0) is 59.6 Å². The summed E-state index contributed by atoms with van der Waals surface area (Å²) in [6.07, 6.45) is 4.55. The van der Waals surface area contributed by atoms with Crippen LogP contribution in [0.1, 0.15) is 41.9 Å². The monoisotopic (exact) mass is 457 g/mol. The molecule has 2 bridgehead atoms. The minimum absolute atomic E-state index is 0.0286. The normalized spacial score (nSPS) is 20.6. The second-order valence-electron chi connectivity index (χ2n) is 9.43. The third-order valence-corrected chi connectivity index (χ3v) is 7.47. The maximum atomic E-state index is 14.1. The quantitative estimate of drug-likeness (QED) is 0.412. The van der Waals surface area contributed by atoms with Gasteiger partial charge in [0.15, 0.2) is 11.6 Å².